The van der Waals surface area contributed by atoms with Gasteiger partial charge in [-0.25, -0.2) is 4.79 Å². The Morgan fingerprint density at radius 2 is 2.36 bits per heavy atom. The summed E-state index contributed by atoms with van der Waals surface area (Å²) < 4.78 is 6.61. The molecule has 1 aromatic rings. The third-order valence-corrected chi connectivity index (χ3v) is 2.08. The molecule has 0 spiro atoms. The van der Waals surface area contributed by atoms with Gasteiger partial charge in [-0.15, -0.1) is 0 Å². The topological polar surface area (TPSA) is 64.1 Å². The van der Waals surface area contributed by atoms with Crippen molar-refractivity contribution < 1.29 is 4.74 Å². The SMILES string of the molecule is Cc1cn(C2C=CCO2)c(=O)[nH]c1=O. The van der Waals surface area contributed by atoms with E-state index in [9.17, 15) is 9.59 Å². The standard InChI is InChI=1S/C9H10N2O3/c1-6-5-11(7-3-2-4-14-7)9(13)10-8(6)12/h2-3,5,7H,4H2,1H3,(H,10,12,13). The van der Waals surface area contributed by atoms with Gasteiger partial charge in [0, 0.05) is 11.8 Å². The van der Waals surface area contributed by atoms with Gasteiger partial charge in [-0.05, 0) is 13.0 Å². The summed E-state index contributed by atoms with van der Waals surface area (Å²) in [4.78, 5) is 24.7. The highest BCUT2D eigenvalue weighted by Gasteiger charge is 2.13. The minimum absolute atomic E-state index is 0.353. The first-order valence-corrected chi connectivity index (χ1v) is 4.29. The van der Waals surface area contributed by atoms with Crippen LogP contribution in [0.1, 0.15) is 11.8 Å². The number of rotatable bonds is 1. The molecule has 5 heteroatoms. The monoisotopic (exact) mass is 194 g/mol. The number of nitrogens with one attached hydrogen (secondary N) is 1. The summed E-state index contributed by atoms with van der Waals surface area (Å²) in [7, 11) is 0. The summed E-state index contributed by atoms with van der Waals surface area (Å²) in [6.07, 6.45) is 4.72. The van der Waals surface area contributed by atoms with Crippen LogP contribution in [0.5, 0.6) is 0 Å². The summed E-state index contributed by atoms with van der Waals surface area (Å²) >= 11 is 0. The average molecular weight is 194 g/mol. The minimum atomic E-state index is -0.447. The number of aryl methyl sites for hydroxylation is 1. The maximum atomic E-state index is 11.4. The smallest absolute Gasteiger partial charge is 0.330 e. The molecule has 0 bridgehead atoms. The summed E-state index contributed by atoms with van der Waals surface area (Å²) in [6.45, 7) is 2.14. The molecule has 1 aliphatic rings. The molecular formula is C9H10N2O3. The van der Waals surface area contributed by atoms with Crippen molar-refractivity contribution >= 4 is 0 Å². The third kappa shape index (κ3) is 1.42. The van der Waals surface area contributed by atoms with Crippen molar-refractivity contribution in [3.8, 4) is 0 Å². The van der Waals surface area contributed by atoms with E-state index in [0.717, 1.165) is 0 Å². The summed E-state index contributed by atoms with van der Waals surface area (Å²) in [5, 5.41) is 0. The molecule has 0 saturated heterocycles. The molecule has 1 aliphatic heterocycles. The first-order valence-electron chi connectivity index (χ1n) is 4.29. The second kappa shape index (κ2) is 3.26. The van der Waals surface area contributed by atoms with Gasteiger partial charge in [0.25, 0.3) is 5.56 Å². The summed E-state index contributed by atoms with van der Waals surface area (Å²) in [6, 6.07) is 0. The van der Waals surface area contributed by atoms with E-state index in [1.807, 2.05) is 6.08 Å². The lowest BCUT2D eigenvalue weighted by atomic mass is 10.4. The van der Waals surface area contributed by atoms with Crippen LogP contribution in [0.4, 0.5) is 0 Å². The van der Waals surface area contributed by atoms with Gasteiger partial charge >= 0.3 is 5.69 Å². The normalized spacial score (nSPS) is 20.2. The Morgan fingerprint density at radius 1 is 1.57 bits per heavy atom. The highest BCUT2D eigenvalue weighted by atomic mass is 16.5. The Balaban J connectivity index is 2.53. The van der Waals surface area contributed by atoms with Crippen LogP contribution in [0, 0.1) is 6.92 Å². The Morgan fingerprint density at radius 3 is 3.00 bits per heavy atom. The zero-order valence-electron chi connectivity index (χ0n) is 7.69. The number of aromatic nitrogens is 2. The van der Waals surface area contributed by atoms with Crippen LogP contribution in [0.25, 0.3) is 0 Å². The van der Waals surface area contributed by atoms with Gasteiger partial charge < -0.3 is 4.74 Å². The largest absolute Gasteiger partial charge is 0.350 e. The van der Waals surface area contributed by atoms with Crippen molar-refractivity contribution in [2.24, 2.45) is 0 Å². The molecule has 2 rings (SSSR count). The molecule has 1 N–H and O–H groups in total. The van der Waals surface area contributed by atoms with Gasteiger partial charge in [-0.1, -0.05) is 6.08 Å². The lowest BCUT2D eigenvalue weighted by Gasteiger charge is -2.11. The zero-order valence-corrected chi connectivity index (χ0v) is 7.69. The second-order valence-electron chi connectivity index (χ2n) is 3.13. The first-order chi connectivity index (χ1) is 6.68. The fraction of sp³-hybridized carbons (Fsp3) is 0.333. The highest BCUT2D eigenvalue weighted by Crippen LogP contribution is 2.12. The van der Waals surface area contributed by atoms with Crippen LogP contribution >= 0.6 is 0 Å². The first kappa shape index (κ1) is 8.96. The summed E-state index contributed by atoms with van der Waals surface area (Å²) in [5.41, 5.74) is -0.307. The maximum Gasteiger partial charge on any atom is 0.330 e. The van der Waals surface area contributed by atoms with Crippen molar-refractivity contribution in [3.63, 3.8) is 0 Å². The Labute approximate surface area is 79.6 Å². The predicted molar refractivity (Wildman–Crippen MR) is 50.2 cm³/mol. The molecule has 5 nitrogen and oxygen atoms in total. The number of nitrogens with zero attached hydrogens (tertiary/aromatic N) is 1. The Bertz CT molecular complexity index is 484. The third-order valence-electron chi connectivity index (χ3n) is 2.08. The summed E-state index contributed by atoms with van der Waals surface area (Å²) in [5.74, 6) is 0. The number of hydrogen-bond acceptors (Lipinski definition) is 3. The molecule has 1 atom stereocenters. The van der Waals surface area contributed by atoms with Crippen molar-refractivity contribution in [1.29, 1.82) is 0 Å². The molecule has 1 aromatic heterocycles. The molecule has 74 valence electrons. The molecule has 0 aliphatic carbocycles. The molecule has 0 aromatic carbocycles. The Hall–Kier alpha value is -1.62. The van der Waals surface area contributed by atoms with Crippen LogP contribution < -0.4 is 11.2 Å². The molecule has 0 radical (unpaired) electrons. The predicted octanol–water partition coefficient (Wildman–Crippen LogP) is -0.0700. The lowest BCUT2D eigenvalue weighted by molar-refractivity contribution is 0.0719. The Kier molecular flexibility index (Phi) is 2.09. The number of ether oxygens (including phenoxy) is 1. The van der Waals surface area contributed by atoms with E-state index in [2.05, 4.69) is 4.98 Å². The van der Waals surface area contributed by atoms with E-state index in [-0.39, 0.29) is 5.56 Å². The van der Waals surface area contributed by atoms with E-state index in [1.54, 1.807) is 13.0 Å². The van der Waals surface area contributed by atoms with Crippen LogP contribution in [0.15, 0.2) is 27.9 Å². The molecule has 0 amide bonds. The number of H-pyrrole nitrogens is 1. The van der Waals surface area contributed by atoms with E-state index in [0.29, 0.717) is 12.2 Å². The number of hydrogen-bond donors (Lipinski definition) is 1. The van der Waals surface area contributed by atoms with Crippen molar-refractivity contribution in [2.45, 2.75) is 13.2 Å². The maximum absolute atomic E-state index is 11.4. The molecule has 14 heavy (non-hydrogen) atoms. The molecule has 2 heterocycles. The lowest BCUT2D eigenvalue weighted by Crippen LogP contribution is -2.32. The highest BCUT2D eigenvalue weighted by molar-refractivity contribution is 5.04. The van der Waals surface area contributed by atoms with Crippen LogP contribution in [-0.4, -0.2) is 16.2 Å². The van der Waals surface area contributed by atoms with Gasteiger partial charge in [-0.2, -0.15) is 0 Å². The molecule has 0 fully saturated rings. The van der Waals surface area contributed by atoms with Gasteiger partial charge in [0.15, 0.2) is 6.23 Å². The van der Waals surface area contributed by atoms with E-state index < -0.39 is 11.9 Å². The van der Waals surface area contributed by atoms with Crippen molar-refractivity contribution in [1.82, 2.24) is 9.55 Å². The van der Waals surface area contributed by atoms with Gasteiger partial charge in [0.1, 0.15) is 0 Å². The van der Waals surface area contributed by atoms with Crippen LogP contribution in [0.3, 0.4) is 0 Å². The molecule has 1 unspecified atom stereocenters. The quantitative estimate of drug-likeness (QED) is 0.636. The van der Waals surface area contributed by atoms with Crippen LogP contribution in [0.2, 0.25) is 0 Å². The van der Waals surface area contributed by atoms with E-state index in [1.165, 1.54) is 10.8 Å². The average Bonchev–Trinajstić information content (AvgIpc) is 2.64. The van der Waals surface area contributed by atoms with Gasteiger partial charge in [0.05, 0.1) is 6.61 Å². The fourth-order valence-electron chi connectivity index (χ4n) is 1.33. The van der Waals surface area contributed by atoms with Gasteiger partial charge in [-0.3, -0.25) is 14.3 Å². The number of aromatic amines is 1. The molecule has 0 saturated carbocycles. The minimum Gasteiger partial charge on any atom is -0.350 e. The second-order valence-corrected chi connectivity index (χ2v) is 3.13. The van der Waals surface area contributed by atoms with Gasteiger partial charge in [0.2, 0.25) is 0 Å². The van der Waals surface area contributed by atoms with Crippen LogP contribution in [-0.2, 0) is 4.74 Å². The fourth-order valence-corrected chi connectivity index (χ4v) is 1.33. The zero-order chi connectivity index (χ0) is 10.1. The molecular weight excluding hydrogens is 184 g/mol. The van der Waals surface area contributed by atoms with Crippen molar-refractivity contribution in [2.75, 3.05) is 6.61 Å². The van der Waals surface area contributed by atoms with E-state index >= 15 is 0 Å². The van der Waals surface area contributed by atoms with E-state index in [4.69, 9.17) is 4.74 Å². The van der Waals surface area contributed by atoms with Crippen molar-refractivity contribution in [3.05, 3.63) is 44.8 Å².